The van der Waals surface area contributed by atoms with Crippen molar-refractivity contribution in [2.24, 2.45) is 11.8 Å². The normalized spacial score (nSPS) is 19.5. The Labute approximate surface area is 161 Å². The van der Waals surface area contributed by atoms with Crippen LogP contribution in [0, 0.1) is 29.5 Å². The summed E-state index contributed by atoms with van der Waals surface area (Å²) in [5.41, 5.74) is 2.61. The second-order valence-electron chi connectivity index (χ2n) is 7.13. The van der Waals surface area contributed by atoms with Crippen LogP contribution in [-0.4, -0.2) is 0 Å². The molecule has 0 radical (unpaired) electrons. The first-order valence-corrected chi connectivity index (χ1v) is 9.70. The molecular formula is C24H24ClF. The molecule has 1 saturated carbocycles. The van der Waals surface area contributed by atoms with Gasteiger partial charge in [0.1, 0.15) is 5.82 Å². The predicted octanol–water partition coefficient (Wildman–Crippen LogP) is 6.80. The smallest absolute Gasteiger partial charge is 0.140 e. The van der Waals surface area contributed by atoms with Gasteiger partial charge >= 0.3 is 0 Å². The molecule has 1 fully saturated rings. The van der Waals surface area contributed by atoms with Gasteiger partial charge < -0.3 is 0 Å². The number of hydrogen-bond donors (Lipinski definition) is 0. The van der Waals surface area contributed by atoms with Crippen LogP contribution in [0.3, 0.4) is 0 Å². The fourth-order valence-corrected chi connectivity index (χ4v) is 3.73. The van der Waals surface area contributed by atoms with Gasteiger partial charge in [-0.15, -0.1) is 6.58 Å². The third-order valence-electron chi connectivity index (χ3n) is 5.29. The van der Waals surface area contributed by atoms with E-state index in [1.807, 2.05) is 12.1 Å². The van der Waals surface area contributed by atoms with Crippen molar-refractivity contribution in [2.75, 3.05) is 0 Å². The van der Waals surface area contributed by atoms with Crippen LogP contribution < -0.4 is 0 Å². The minimum atomic E-state index is -0.382. The molecule has 0 N–H and O–H groups in total. The molecule has 0 nitrogen and oxygen atoms in total. The van der Waals surface area contributed by atoms with Gasteiger partial charge in [0.2, 0.25) is 0 Å². The molecule has 0 aromatic heterocycles. The first-order valence-electron chi connectivity index (χ1n) is 9.32. The SMILES string of the molecule is C=CC1CCC(CCc2ccc(C#Cc3ccc(Cl)cc3F)cc2)CC1. The van der Waals surface area contributed by atoms with E-state index < -0.39 is 0 Å². The highest BCUT2D eigenvalue weighted by Crippen LogP contribution is 2.32. The van der Waals surface area contributed by atoms with Crippen LogP contribution in [0.15, 0.2) is 55.1 Å². The summed E-state index contributed by atoms with van der Waals surface area (Å²) in [6, 6.07) is 12.9. The third-order valence-corrected chi connectivity index (χ3v) is 5.53. The van der Waals surface area contributed by atoms with Crippen molar-refractivity contribution in [2.45, 2.75) is 38.5 Å². The first-order chi connectivity index (χ1) is 12.6. The Hall–Kier alpha value is -2.04. The Kier molecular flexibility index (Phi) is 6.53. The van der Waals surface area contributed by atoms with Gasteiger partial charge in [-0.1, -0.05) is 41.7 Å². The van der Waals surface area contributed by atoms with E-state index in [2.05, 4.69) is 36.6 Å². The lowest BCUT2D eigenvalue weighted by Crippen LogP contribution is -2.13. The van der Waals surface area contributed by atoms with E-state index >= 15 is 0 Å². The molecule has 134 valence electrons. The van der Waals surface area contributed by atoms with Gasteiger partial charge in [-0.3, -0.25) is 0 Å². The van der Waals surface area contributed by atoms with Crippen molar-refractivity contribution in [3.8, 4) is 11.8 Å². The number of benzene rings is 2. The van der Waals surface area contributed by atoms with Crippen LogP contribution in [0.4, 0.5) is 4.39 Å². The maximum absolute atomic E-state index is 13.7. The second kappa shape index (κ2) is 9.06. The molecular weight excluding hydrogens is 343 g/mol. The number of rotatable bonds is 4. The van der Waals surface area contributed by atoms with Crippen LogP contribution in [0.1, 0.15) is 48.8 Å². The zero-order chi connectivity index (χ0) is 18.4. The quantitative estimate of drug-likeness (QED) is 0.412. The average molecular weight is 367 g/mol. The lowest BCUT2D eigenvalue weighted by Gasteiger charge is -2.26. The molecule has 0 saturated heterocycles. The number of hydrogen-bond acceptors (Lipinski definition) is 0. The van der Waals surface area contributed by atoms with Gasteiger partial charge in [0.15, 0.2) is 0 Å². The van der Waals surface area contributed by atoms with Crippen molar-refractivity contribution in [3.05, 3.63) is 82.6 Å². The highest BCUT2D eigenvalue weighted by atomic mass is 35.5. The van der Waals surface area contributed by atoms with Gasteiger partial charge in [-0.05, 0) is 86.3 Å². The third kappa shape index (κ3) is 5.23. The van der Waals surface area contributed by atoms with Crippen molar-refractivity contribution >= 4 is 11.6 Å². The lowest BCUT2D eigenvalue weighted by molar-refractivity contribution is 0.296. The van der Waals surface area contributed by atoms with E-state index in [0.29, 0.717) is 10.6 Å². The summed E-state index contributed by atoms with van der Waals surface area (Å²) in [6.07, 6.45) is 9.73. The van der Waals surface area contributed by atoms with E-state index in [1.165, 1.54) is 43.7 Å². The molecule has 1 aliphatic carbocycles. The molecule has 0 amide bonds. The molecule has 0 atom stereocenters. The predicted molar refractivity (Wildman–Crippen MR) is 108 cm³/mol. The molecule has 2 heteroatoms. The summed E-state index contributed by atoms with van der Waals surface area (Å²) in [7, 11) is 0. The monoisotopic (exact) mass is 366 g/mol. The highest BCUT2D eigenvalue weighted by Gasteiger charge is 2.18. The fourth-order valence-electron chi connectivity index (χ4n) is 3.57. The van der Waals surface area contributed by atoms with Gasteiger partial charge in [0.25, 0.3) is 0 Å². The number of halogens is 2. The molecule has 26 heavy (non-hydrogen) atoms. The van der Waals surface area contributed by atoms with Crippen LogP contribution in [0.25, 0.3) is 0 Å². The van der Waals surface area contributed by atoms with Gasteiger partial charge in [0, 0.05) is 10.6 Å². The average Bonchev–Trinajstić information content (AvgIpc) is 2.67. The summed E-state index contributed by atoms with van der Waals surface area (Å²) in [4.78, 5) is 0. The standard InChI is InChI=1S/C24H24ClF/c1-2-18-3-5-19(6-4-18)7-8-20-9-11-21(12-10-20)13-14-22-15-16-23(25)17-24(22)26/h2,9-12,15-19H,1,3-8H2. The molecule has 2 aromatic rings. The van der Waals surface area contributed by atoms with Gasteiger partial charge in [0.05, 0.1) is 5.56 Å². The van der Waals surface area contributed by atoms with Crippen molar-refractivity contribution in [3.63, 3.8) is 0 Å². The molecule has 2 aromatic carbocycles. The molecule has 1 aliphatic rings. The van der Waals surface area contributed by atoms with Crippen molar-refractivity contribution < 1.29 is 4.39 Å². The second-order valence-corrected chi connectivity index (χ2v) is 7.56. The van der Waals surface area contributed by atoms with E-state index in [9.17, 15) is 4.39 Å². The Morgan fingerprint density at radius 2 is 1.77 bits per heavy atom. The number of allylic oxidation sites excluding steroid dienone is 1. The van der Waals surface area contributed by atoms with Crippen LogP contribution in [-0.2, 0) is 6.42 Å². The Balaban J connectivity index is 1.54. The summed E-state index contributed by atoms with van der Waals surface area (Å²) in [6.45, 7) is 3.92. The topological polar surface area (TPSA) is 0 Å². The minimum absolute atomic E-state index is 0.369. The Morgan fingerprint density at radius 1 is 1.04 bits per heavy atom. The number of aryl methyl sites for hydroxylation is 1. The maximum atomic E-state index is 13.7. The van der Waals surface area contributed by atoms with Crippen LogP contribution >= 0.6 is 11.6 Å². The minimum Gasteiger partial charge on any atom is -0.206 e. The maximum Gasteiger partial charge on any atom is 0.140 e. The molecule has 3 rings (SSSR count). The van der Waals surface area contributed by atoms with Gasteiger partial charge in [-0.25, -0.2) is 4.39 Å². The van der Waals surface area contributed by atoms with Gasteiger partial charge in [-0.2, -0.15) is 0 Å². The molecule has 0 aliphatic heterocycles. The highest BCUT2D eigenvalue weighted by molar-refractivity contribution is 6.30. The lowest BCUT2D eigenvalue weighted by atomic mass is 9.79. The zero-order valence-electron chi connectivity index (χ0n) is 15.0. The van der Waals surface area contributed by atoms with E-state index in [1.54, 1.807) is 12.1 Å². The molecule has 0 bridgehead atoms. The molecule has 0 spiro atoms. The van der Waals surface area contributed by atoms with E-state index in [0.717, 1.165) is 23.8 Å². The summed E-state index contributed by atoms with van der Waals surface area (Å²) in [5.74, 6) is 7.10. The Bertz CT molecular complexity index is 802. The van der Waals surface area contributed by atoms with E-state index in [-0.39, 0.29) is 5.82 Å². The molecule has 0 heterocycles. The van der Waals surface area contributed by atoms with Crippen molar-refractivity contribution in [1.29, 1.82) is 0 Å². The Morgan fingerprint density at radius 3 is 2.42 bits per heavy atom. The first kappa shape index (κ1) is 18.7. The fraction of sp³-hybridized carbons (Fsp3) is 0.333. The summed E-state index contributed by atoms with van der Waals surface area (Å²) < 4.78 is 13.7. The largest absolute Gasteiger partial charge is 0.206 e. The molecule has 0 unspecified atom stereocenters. The zero-order valence-corrected chi connectivity index (χ0v) is 15.7. The van der Waals surface area contributed by atoms with Crippen LogP contribution in [0.5, 0.6) is 0 Å². The van der Waals surface area contributed by atoms with Crippen LogP contribution in [0.2, 0.25) is 5.02 Å². The summed E-state index contributed by atoms with van der Waals surface area (Å²) >= 11 is 5.76. The van der Waals surface area contributed by atoms with E-state index in [4.69, 9.17) is 11.6 Å². The van der Waals surface area contributed by atoms with Crippen molar-refractivity contribution in [1.82, 2.24) is 0 Å². The summed E-state index contributed by atoms with van der Waals surface area (Å²) in [5, 5.41) is 0.385.